The van der Waals surface area contributed by atoms with Crippen molar-refractivity contribution in [3.8, 4) is 34.2 Å². The maximum Gasteiger partial charge on any atom is 0.168 e. The van der Waals surface area contributed by atoms with Crippen LogP contribution in [0.5, 0.6) is 0 Å². The molecule has 0 radical (unpaired) electrons. The van der Waals surface area contributed by atoms with Crippen LogP contribution in [0.4, 0.5) is 0 Å². The van der Waals surface area contributed by atoms with Gasteiger partial charge in [0.25, 0.3) is 0 Å². The van der Waals surface area contributed by atoms with Gasteiger partial charge in [-0.3, -0.25) is 9.55 Å². The van der Waals surface area contributed by atoms with Crippen molar-refractivity contribution in [3.05, 3.63) is 140 Å². The van der Waals surface area contributed by atoms with Gasteiger partial charge in [-0.1, -0.05) is 84.9 Å². The van der Waals surface area contributed by atoms with Crippen LogP contribution in [0, 0.1) is 0 Å². The van der Waals surface area contributed by atoms with Gasteiger partial charge < -0.3 is 4.57 Å². The molecule has 0 saturated heterocycles. The molecule has 0 saturated carbocycles. The van der Waals surface area contributed by atoms with Crippen molar-refractivity contribution in [1.29, 1.82) is 0 Å². The zero-order valence-corrected chi connectivity index (χ0v) is 21.5. The van der Waals surface area contributed by atoms with E-state index < -0.39 is 0 Å². The maximum absolute atomic E-state index is 4.73. The Balaban J connectivity index is 1.32. The molecule has 3 heterocycles. The Kier molecular flexibility index (Phi) is 5.07. The lowest BCUT2D eigenvalue weighted by Gasteiger charge is -2.14. The molecule has 0 aliphatic rings. The van der Waals surface area contributed by atoms with Gasteiger partial charge in [-0.25, -0.2) is 0 Å². The van der Waals surface area contributed by atoms with Crippen molar-refractivity contribution in [1.82, 2.24) is 24.3 Å². The van der Waals surface area contributed by atoms with Crippen LogP contribution in [0.3, 0.4) is 0 Å². The number of benzene rings is 5. The molecule has 40 heavy (non-hydrogen) atoms. The molecule has 188 valence electrons. The maximum atomic E-state index is 4.73. The smallest absolute Gasteiger partial charge is 0.168 e. The van der Waals surface area contributed by atoms with Gasteiger partial charge in [0.1, 0.15) is 0 Å². The molecule has 8 aromatic rings. The van der Waals surface area contributed by atoms with E-state index in [0.717, 1.165) is 45.1 Å². The Morgan fingerprint density at radius 2 is 1.05 bits per heavy atom. The van der Waals surface area contributed by atoms with Crippen LogP contribution in [0.2, 0.25) is 0 Å². The highest BCUT2D eigenvalue weighted by Crippen LogP contribution is 2.34. The first-order valence-electron chi connectivity index (χ1n) is 13.3. The van der Waals surface area contributed by atoms with Gasteiger partial charge >= 0.3 is 0 Å². The molecule has 0 spiro atoms. The van der Waals surface area contributed by atoms with E-state index in [0.29, 0.717) is 0 Å². The van der Waals surface area contributed by atoms with Gasteiger partial charge in [-0.05, 0) is 48.5 Å². The summed E-state index contributed by atoms with van der Waals surface area (Å²) in [6, 6.07) is 46.2. The lowest BCUT2D eigenvalue weighted by molar-refractivity contribution is 1.08. The molecule has 8 rings (SSSR count). The van der Waals surface area contributed by atoms with Crippen molar-refractivity contribution in [3.63, 3.8) is 0 Å². The molecule has 0 bridgehead atoms. The lowest BCUT2D eigenvalue weighted by Crippen LogP contribution is -2.02. The minimum atomic E-state index is 0.769. The van der Waals surface area contributed by atoms with Crippen LogP contribution in [-0.4, -0.2) is 24.3 Å². The van der Waals surface area contributed by atoms with E-state index in [1.165, 1.54) is 21.8 Å². The summed E-state index contributed by atoms with van der Waals surface area (Å²) >= 11 is 0. The third-order valence-electron chi connectivity index (χ3n) is 7.51. The third kappa shape index (κ3) is 3.45. The minimum absolute atomic E-state index is 0.769. The van der Waals surface area contributed by atoms with Crippen molar-refractivity contribution < 1.29 is 0 Å². The highest BCUT2D eigenvalue weighted by atomic mass is 15.3. The molecule has 0 unspecified atom stereocenters. The summed E-state index contributed by atoms with van der Waals surface area (Å²) in [7, 11) is 0. The molecule has 0 N–H and O–H groups in total. The van der Waals surface area contributed by atoms with E-state index in [9.17, 15) is 0 Å². The second-order valence-electron chi connectivity index (χ2n) is 9.82. The summed E-state index contributed by atoms with van der Waals surface area (Å²) in [6.45, 7) is 0. The standard InChI is InChI=1S/C35H23N5/c1-2-10-25(11-3-1)34-37-38-35(40(34)32-18-8-12-24-13-9-23-36-33(24)32)26-19-21-27(22-20-26)39-30-16-6-4-14-28(30)29-15-5-7-17-31(29)39/h1-23H. The van der Waals surface area contributed by atoms with E-state index in [4.69, 9.17) is 10.1 Å². The van der Waals surface area contributed by atoms with Crippen LogP contribution in [0.1, 0.15) is 0 Å². The number of pyridine rings is 1. The van der Waals surface area contributed by atoms with Gasteiger partial charge in [0, 0.05) is 39.2 Å². The Hall–Kier alpha value is -5.55. The monoisotopic (exact) mass is 513 g/mol. The molecule has 3 aromatic heterocycles. The second-order valence-corrected chi connectivity index (χ2v) is 9.82. The number of hydrogen-bond donors (Lipinski definition) is 0. The topological polar surface area (TPSA) is 48.5 Å². The fourth-order valence-electron chi connectivity index (χ4n) is 5.70. The third-order valence-corrected chi connectivity index (χ3v) is 7.51. The van der Waals surface area contributed by atoms with Crippen molar-refractivity contribution in [2.45, 2.75) is 0 Å². The highest BCUT2D eigenvalue weighted by molar-refractivity contribution is 6.09. The van der Waals surface area contributed by atoms with Crippen molar-refractivity contribution >= 4 is 32.7 Å². The number of hydrogen-bond acceptors (Lipinski definition) is 3. The summed E-state index contributed by atoms with van der Waals surface area (Å²) in [6.07, 6.45) is 1.83. The Labute approximate surface area is 230 Å². The molecule has 5 nitrogen and oxygen atoms in total. The summed E-state index contributed by atoms with van der Waals surface area (Å²) < 4.78 is 4.45. The minimum Gasteiger partial charge on any atom is -0.309 e. The number of rotatable bonds is 4. The zero-order chi connectivity index (χ0) is 26.5. The number of para-hydroxylation sites is 3. The fraction of sp³-hybridized carbons (Fsp3) is 0. The molecule has 5 heteroatoms. The van der Waals surface area contributed by atoms with Crippen molar-refractivity contribution in [2.24, 2.45) is 0 Å². The van der Waals surface area contributed by atoms with Gasteiger partial charge in [-0.2, -0.15) is 0 Å². The first-order valence-corrected chi connectivity index (χ1v) is 13.3. The summed E-state index contributed by atoms with van der Waals surface area (Å²) in [5.74, 6) is 1.55. The van der Waals surface area contributed by atoms with E-state index in [1.54, 1.807) is 0 Å². The average Bonchev–Trinajstić information content (AvgIpc) is 3.61. The van der Waals surface area contributed by atoms with Gasteiger partial charge in [0.2, 0.25) is 0 Å². The van der Waals surface area contributed by atoms with Gasteiger partial charge in [-0.15, -0.1) is 10.2 Å². The molecule has 0 amide bonds. The summed E-state index contributed by atoms with van der Waals surface area (Å²) in [5.41, 5.74) is 7.31. The molecule has 0 atom stereocenters. The van der Waals surface area contributed by atoms with Crippen LogP contribution >= 0.6 is 0 Å². The Morgan fingerprint density at radius 3 is 1.75 bits per heavy atom. The first-order chi connectivity index (χ1) is 19.9. The van der Waals surface area contributed by atoms with Crippen LogP contribution < -0.4 is 0 Å². The summed E-state index contributed by atoms with van der Waals surface area (Å²) in [4.78, 5) is 4.73. The molecular weight excluding hydrogens is 490 g/mol. The quantitative estimate of drug-likeness (QED) is 0.238. The molecule has 0 aliphatic carbocycles. The largest absolute Gasteiger partial charge is 0.309 e. The molecular formula is C35H23N5. The SMILES string of the molecule is c1ccc(-c2nnc(-c3ccc(-n4c5ccccc5c5ccccc54)cc3)n2-c2cccc3cccnc23)cc1. The second kappa shape index (κ2) is 9.03. The van der Waals surface area contributed by atoms with Crippen LogP contribution in [0.25, 0.3) is 66.9 Å². The molecule has 0 aliphatic heterocycles. The first kappa shape index (κ1) is 22.4. The van der Waals surface area contributed by atoms with E-state index in [1.807, 2.05) is 30.5 Å². The van der Waals surface area contributed by atoms with E-state index in [2.05, 4.69) is 123 Å². The highest BCUT2D eigenvalue weighted by Gasteiger charge is 2.20. The average molecular weight is 514 g/mol. The molecule has 0 fully saturated rings. The Bertz CT molecular complexity index is 2100. The summed E-state index contributed by atoms with van der Waals surface area (Å²) in [5, 5.41) is 13.0. The number of fused-ring (bicyclic) bond motifs is 4. The van der Waals surface area contributed by atoms with E-state index in [-0.39, 0.29) is 0 Å². The number of nitrogens with zero attached hydrogens (tertiary/aromatic N) is 5. The lowest BCUT2D eigenvalue weighted by atomic mass is 10.1. The van der Waals surface area contributed by atoms with Gasteiger partial charge in [0.15, 0.2) is 11.6 Å². The Morgan fingerprint density at radius 1 is 0.450 bits per heavy atom. The van der Waals surface area contributed by atoms with Crippen LogP contribution in [0.15, 0.2) is 140 Å². The van der Waals surface area contributed by atoms with E-state index >= 15 is 0 Å². The van der Waals surface area contributed by atoms with Crippen molar-refractivity contribution in [2.75, 3.05) is 0 Å². The predicted molar refractivity (Wildman–Crippen MR) is 162 cm³/mol. The van der Waals surface area contributed by atoms with Gasteiger partial charge in [0.05, 0.1) is 22.2 Å². The fourth-order valence-corrected chi connectivity index (χ4v) is 5.70. The zero-order valence-electron chi connectivity index (χ0n) is 21.5. The predicted octanol–water partition coefficient (Wildman–Crippen LogP) is 8.25. The number of aromatic nitrogens is 5. The molecule has 5 aromatic carbocycles. The normalized spacial score (nSPS) is 11.5. The van der Waals surface area contributed by atoms with Crippen LogP contribution in [-0.2, 0) is 0 Å².